The van der Waals surface area contributed by atoms with E-state index in [1.54, 1.807) is 47.3 Å². The van der Waals surface area contributed by atoms with E-state index in [-0.39, 0.29) is 18.1 Å². The summed E-state index contributed by atoms with van der Waals surface area (Å²) in [6.45, 7) is 0.560. The van der Waals surface area contributed by atoms with Crippen molar-refractivity contribution < 1.29 is 9.53 Å². The molecule has 27 heavy (non-hydrogen) atoms. The molecule has 0 saturated heterocycles. The third kappa shape index (κ3) is 3.81. The molecule has 1 aliphatic heterocycles. The highest BCUT2D eigenvalue weighted by Crippen LogP contribution is 2.19. The van der Waals surface area contributed by atoms with Crippen LogP contribution in [0.25, 0.3) is 10.9 Å². The third-order valence-corrected chi connectivity index (χ3v) is 4.62. The molecule has 1 N–H and O–H groups in total. The van der Waals surface area contributed by atoms with Gasteiger partial charge in [-0.2, -0.15) is 0 Å². The Morgan fingerprint density at radius 1 is 1.15 bits per heavy atom. The molecule has 138 valence electrons. The van der Waals surface area contributed by atoms with Gasteiger partial charge in [0.05, 0.1) is 10.9 Å². The van der Waals surface area contributed by atoms with Crippen molar-refractivity contribution in [3.05, 3.63) is 58.9 Å². The van der Waals surface area contributed by atoms with Gasteiger partial charge < -0.3 is 10.1 Å². The van der Waals surface area contributed by atoms with Crippen molar-refractivity contribution in [2.24, 2.45) is 0 Å². The van der Waals surface area contributed by atoms with E-state index in [1.165, 1.54) is 0 Å². The number of anilines is 1. The molecular weight excluding hydrogens is 344 g/mol. The van der Waals surface area contributed by atoms with Gasteiger partial charge in [-0.25, -0.2) is 4.98 Å². The molecule has 0 fully saturated rings. The van der Waals surface area contributed by atoms with Crippen LogP contribution in [0, 0.1) is 0 Å². The normalized spacial score (nSPS) is 13.6. The van der Waals surface area contributed by atoms with Gasteiger partial charge in [0.1, 0.15) is 11.6 Å². The number of benzene rings is 1. The fraction of sp³-hybridized carbons (Fsp3) is 0.300. The van der Waals surface area contributed by atoms with Crippen molar-refractivity contribution in [1.82, 2.24) is 14.5 Å². The number of amides is 1. The number of fused-ring (bicyclic) bond motifs is 2. The van der Waals surface area contributed by atoms with Crippen molar-refractivity contribution >= 4 is 22.5 Å². The zero-order valence-electron chi connectivity index (χ0n) is 14.9. The lowest BCUT2D eigenvalue weighted by atomic mass is 10.2. The van der Waals surface area contributed by atoms with Crippen LogP contribution < -0.4 is 15.6 Å². The first-order chi connectivity index (χ1) is 13.2. The van der Waals surface area contributed by atoms with Crippen LogP contribution in [0.1, 0.15) is 25.1 Å². The second-order valence-electron chi connectivity index (χ2n) is 6.55. The molecule has 0 saturated carbocycles. The minimum Gasteiger partial charge on any atom is -0.484 e. The number of pyridine rings is 1. The molecule has 3 aromatic rings. The van der Waals surface area contributed by atoms with Gasteiger partial charge in [-0.05, 0) is 43.2 Å². The fourth-order valence-corrected chi connectivity index (χ4v) is 3.27. The number of hydrogen-bond donors (Lipinski definition) is 1. The van der Waals surface area contributed by atoms with E-state index in [1.807, 2.05) is 0 Å². The Morgan fingerprint density at radius 3 is 2.85 bits per heavy atom. The van der Waals surface area contributed by atoms with Crippen LogP contribution in [0.5, 0.6) is 5.75 Å². The molecule has 3 heterocycles. The minimum atomic E-state index is -0.280. The molecule has 0 radical (unpaired) electrons. The second kappa shape index (κ2) is 7.57. The highest BCUT2D eigenvalue weighted by Gasteiger charge is 2.14. The van der Waals surface area contributed by atoms with Crippen LogP contribution in [-0.2, 0) is 17.8 Å². The number of carbonyl (C=O) groups is 1. The highest BCUT2D eigenvalue weighted by molar-refractivity contribution is 5.91. The van der Waals surface area contributed by atoms with E-state index in [2.05, 4.69) is 15.3 Å². The van der Waals surface area contributed by atoms with Crippen LogP contribution in [-0.4, -0.2) is 27.0 Å². The summed E-state index contributed by atoms with van der Waals surface area (Å²) in [5, 5.41) is 3.25. The maximum Gasteiger partial charge on any atom is 0.262 e. The van der Waals surface area contributed by atoms with Crippen molar-refractivity contribution in [3.8, 4) is 5.75 Å². The van der Waals surface area contributed by atoms with Crippen molar-refractivity contribution in [1.29, 1.82) is 0 Å². The van der Waals surface area contributed by atoms with Gasteiger partial charge >= 0.3 is 0 Å². The number of hydrogen-bond acceptors (Lipinski definition) is 5. The first-order valence-corrected chi connectivity index (χ1v) is 9.07. The summed E-state index contributed by atoms with van der Waals surface area (Å²) in [5.74, 6) is 1.05. The number of carbonyl (C=O) groups excluding carboxylic acids is 1. The molecule has 0 unspecified atom stereocenters. The van der Waals surface area contributed by atoms with Crippen LogP contribution in [0.2, 0.25) is 0 Å². The molecule has 0 atom stereocenters. The van der Waals surface area contributed by atoms with Gasteiger partial charge in [0.2, 0.25) is 0 Å². The zero-order valence-corrected chi connectivity index (χ0v) is 14.9. The summed E-state index contributed by atoms with van der Waals surface area (Å²) >= 11 is 0. The van der Waals surface area contributed by atoms with Crippen LogP contribution in [0.15, 0.2) is 47.5 Å². The van der Waals surface area contributed by atoms with Gasteiger partial charge in [0.15, 0.2) is 6.61 Å². The summed E-state index contributed by atoms with van der Waals surface area (Å²) in [4.78, 5) is 33.4. The number of nitrogens with one attached hydrogen (secondary N) is 1. The average molecular weight is 364 g/mol. The van der Waals surface area contributed by atoms with E-state index in [0.29, 0.717) is 28.9 Å². The van der Waals surface area contributed by atoms with Crippen molar-refractivity contribution in [3.63, 3.8) is 0 Å². The standard InChI is InChI=1S/C20H20N4O3/c25-19(22-14-7-9-21-10-8-14)13-27-15-5-6-17-16(12-15)20(26)24-11-3-1-2-4-18(24)23-17/h5-10,12H,1-4,11,13H2,(H,21,22,25). The first-order valence-electron chi connectivity index (χ1n) is 9.07. The van der Waals surface area contributed by atoms with E-state index < -0.39 is 0 Å². The third-order valence-electron chi connectivity index (χ3n) is 4.62. The first kappa shape index (κ1) is 17.2. The molecular formula is C20H20N4O3. The molecule has 4 rings (SSSR count). The van der Waals surface area contributed by atoms with Gasteiger partial charge in [-0.15, -0.1) is 0 Å². The Balaban J connectivity index is 1.52. The van der Waals surface area contributed by atoms with E-state index >= 15 is 0 Å². The number of nitrogens with zero attached hydrogens (tertiary/aromatic N) is 3. The number of aromatic nitrogens is 3. The predicted molar refractivity (Wildman–Crippen MR) is 102 cm³/mol. The molecule has 2 aromatic heterocycles. The topological polar surface area (TPSA) is 86.1 Å². The number of rotatable bonds is 4. The van der Waals surface area contributed by atoms with E-state index in [4.69, 9.17) is 4.74 Å². The molecule has 1 aliphatic rings. The van der Waals surface area contributed by atoms with Gasteiger partial charge in [-0.3, -0.25) is 19.1 Å². The van der Waals surface area contributed by atoms with E-state index in [9.17, 15) is 9.59 Å². The second-order valence-corrected chi connectivity index (χ2v) is 6.55. The smallest absolute Gasteiger partial charge is 0.262 e. The lowest BCUT2D eigenvalue weighted by Gasteiger charge is -2.11. The molecule has 7 nitrogen and oxygen atoms in total. The average Bonchev–Trinajstić information content (AvgIpc) is 2.93. The van der Waals surface area contributed by atoms with Crippen LogP contribution >= 0.6 is 0 Å². The Bertz CT molecular complexity index is 1030. The Labute approximate surface area is 156 Å². The molecule has 0 aliphatic carbocycles. The van der Waals surface area contributed by atoms with Crippen molar-refractivity contribution in [2.45, 2.75) is 32.2 Å². The minimum absolute atomic E-state index is 0.0383. The lowest BCUT2D eigenvalue weighted by Crippen LogP contribution is -2.24. The zero-order chi connectivity index (χ0) is 18.6. The summed E-state index contributed by atoms with van der Waals surface area (Å²) < 4.78 is 7.34. The summed E-state index contributed by atoms with van der Waals surface area (Å²) in [6.07, 6.45) is 7.20. The van der Waals surface area contributed by atoms with Gasteiger partial charge in [0, 0.05) is 31.0 Å². The molecule has 0 spiro atoms. The fourth-order valence-electron chi connectivity index (χ4n) is 3.27. The molecule has 1 amide bonds. The van der Waals surface area contributed by atoms with E-state index in [0.717, 1.165) is 31.5 Å². The van der Waals surface area contributed by atoms with Crippen LogP contribution in [0.3, 0.4) is 0 Å². The largest absolute Gasteiger partial charge is 0.484 e. The number of ether oxygens (including phenoxy) is 1. The van der Waals surface area contributed by atoms with Gasteiger partial charge in [0.25, 0.3) is 11.5 Å². The Kier molecular flexibility index (Phi) is 4.82. The molecule has 0 bridgehead atoms. The summed E-state index contributed by atoms with van der Waals surface area (Å²) in [7, 11) is 0. The van der Waals surface area contributed by atoms with Crippen LogP contribution in [0.4, 0.5) is 5.69 Å². The quantitative estimate of drug-likeness (QED) is 0.769. The van der Waals surface area contributed by atoms with Gasteiger partial charge in [-0.1, -0.05) is 6.42 Å². The highest BCUT2D eigenvalue weighted by atomic mass is 16.5. The lowest BCUT2D eigenvalue weighted by molar-refractivity contribution is -0.118. The maximum atomic E-state index is 12.8. The monoisotopic (exact) mass is 364 g/mol. The summed E-state index contributed by atoms with van der Waals surface area (Å²) in [5.41, 5.74) is 1.28. The Hall–Kier alpha value is -3.22. The SMILES string of the molecule is O=C(COc1ccc2nc3n(c(=O)c2c1)CCCCC3)Nc1ccncc1. The number of aryl methyl sites for hydroxylation is 1. The maximum absolute atomic E-state index is 12.8. The summed E-state index contributed by atoms with van der Waals surface area (Å²) in [6, 6.07) is 8.59. The Morgan fingerprint density at radius 2 is 2.00 bits per heavy atom. The molecule has 7 heteroatoms. The molecule has 1 aromatic carbocycles. The predicted octanol–water partition coefficient (Wildman–Crippen LogP) is 2.54. The van der Waals surface area contributed by atoms with Crippen molar-refractivity contribution in [2.75, 3.05) is 11.9 Å².